The molecule has 1 aliphatic carbocycles. The molecule has 1 aliphatic heterocycles. The number of nitrogens with zero attached hydrogens (tertiary/aromatic N) is 3. The predicted octanol–water partition coefficient (Wildman–Crippen LogP) is 3.24. The van der Waals surface area contributed by atoms with Gasteiger partial charge in [0.15, 0.2) is 0 Å². The Morgan fingerprint density at radius 1 is 1.40 bits per heavy atom. The molecule has 0 bridgehead atoms. The Kier molecular flexibility index (Phi) is 3.63. The van der Waals surface area contributed by atoms with Gasteiger partial charge in [-0.1, -0.05) is 26.0 Å². The molecule has 0 spiro atoms. The van der Waals surface area contributed by atoms with Crippen LogP contribution in [0, 0.1) is 0 Å². The quantitative estimate of drug-likeness (QED) is 0.844. The molecule has 0 N–H and O–H groups in total. The Labute approximate surface area is 148 Å². The lowest BCUT2D eigenvalue weighted by Gasteiger charge is -2.32. The molecule has 2 aromatic rings. The van der Waals surface area contributed by atoms with E-state index in [1.165, 1.54) is 11.3 Å². The summed E-state index contributed by atoms with van der Waals surface area (Å²) in [5.41, 5.74) is 4.16. The van der Waals surface area contributed by atoms with Crippen molar-refractivity contribution >= 4 is 5.91 Å². The molecule has 2 aliphatic rings. The van der Waals surface area contributed by atoms with Crippen molar-refractivity contribution < 1.29 is 9.53 Å². The predicted molar refractivity (Wildman–Crippen MR) is 95.9 cm³/mol. The summed E-state index contributed by atoms with van der Waals surface area (Å²) in [6, 6.07) is 5.99. The fourth-order valence-electron chi connectivity index (χ4n) is 4.14. The molecule has 1 aromatic heterocycles. The monoisotopic (exact) mass is 339 g/mol. The summed E-state index contributed by atoms with van der Waals surface area (Å²) in [5, 5.41) is 4.39. The van der Waals surface area contributed by atoms with Crippen LogP contribution in [0.2, 0.25) is 0 Å². The Hall–Kier alpha value is -2.30. The van der Waals surface area contributed by atoms with Crippen molar-refractivity contribution in [1.82, 2.24) is 14.7 Å². The molecule has 25 heavy (non-hydrogen) atoms. The third-order valence-electron chi connectivity index (χ3n) is 5.68. The summed E-state index contributed by atoms with van der Waals surface area (Å²) in [4.78, 5) is 15.1. The Balaban J connectivity index is 1.68. The van der Waals surface area contributed by atoms with E-state index in [-0.39, 0.29) is 17.4 Å². The van der Waals surface area contributed by atoms with Gasteiger partial charge in [-0.15, -0.1) is 0 Å². The van der Waals surface area contributed by atoms with Crippen molar-refractivity contribution in [3.63, 3.8) is 0 Å². The topological polar surface area (TPSA) is 47.4 Å². The van der Waals surface area contributed by atoms with E-state index in [2.05, 4.69) is 25.0 Å². The smallest absolute Gasteiger partial charge is 0.257 e. The van der Waals surface area contributed by atoms with Crippen LogP contribution in [-0.2, 0) is 18.9 Å². The van der Waals surface area contributed by atoms with Crippen molar-refractivity contribution in [2.24, 2.45) is 7.05 Å². The van der Waals surface area contributed by atoms with E-state index in [0.29, 0.717) is 12.2 Å². The summed E-state index contributed by atoms with van der Waals surface area (Å²) >= 11 is 0. The van der Waals surface area contributed by atoms with Gasteiger partial charge in [-0.3, -0.25) is 9.48 Å². The number of hydrogen-bond donors (Lipinski definition) is 0. The third-order valence-corrected chi connectivity index (χ3v) is 5.68. The fourth-order valence-corrected chi connectivity index (χ4v) is 4.14. The minimum Gasteiger partial charge on any atom is -0.492 e. The van der Waals surface area contributed by atoms with Crippen LogP contribution in [0.5, 0.6) is 5.75 Å². The number of ether oxygens (including phenoxy) is 1. The number of hydrogen-bond acceptors (Lipinski definition) is 3. The van der Waals surface area contributed by atoms with Crippen LogP contribution >= 0.6 is 0 Å². The summed E-state index contributed by atoms with van der Waals surface area (Å²) in [6.45, 7) is 4.92. The average Bonchev–Trinajstić information content (AvgIpc) is 3.14. The standard InChI is InChI=1S/C20H25N3O2/c1-20(2)12-25-18-13(7-5-8-15(18)20)19(24)22(3)16-9-6-10-17-14(16)11-21-23(17)4/h5,7-8,11,16H,6,9-10,12H2,1-4H3. The molecule has 1 aromatic carbocycles. The minimum atomic E-state index is -0.0500. The van der Waals surface area contributed by atoms with Crippen molar-refractivity contribution in [2.45, 2.75) is 44.6 Å². The fraction of sp³-hybridized carbons (Fsp3) is 0.500. The second-order valence-corrected chi connectivity index (χ2v) is 7.85. The molecule has 0 saturated carbocycles. The van der Waals surface area contributed by atoms with Gasteiger partial charge in [0.05, 0.1) is 24.4 Å². The van der Waals surface area contributed by atoms with Gasteiger partial charge >= 0.3 is 0 Å². The highest BCUT2D eigenvalue weighted by Crippen LogP contribution is 2.42. The molecule has 0 radical (unpaired) electrons. The second-order valence-electron chi connectivity index (χ2n) is 7.85. The molecular formula is C20H25N3O2. The normalized spacial score (nSPS) is 20.6. The van der Waals surface area contributed by atoms with Crippen LogP contribution in [0.15, 0.2) is 24.4 Å². The van der Waals surface area contributed by atoms with Gasteiger partial charge < -0.3 is 9.64 Å². The SMILES string of the molecule is CN(C(=O)c1cccc2c1OCC2(C)C)C1CCCc2c1cnn2C. The summed E-state index contributed by atoms with van der Waals surface area (Å²) in [6.07, 6.45) is 4.99. The van der Waals surface area contributed by atoms with E-state index < -0.39 is 0 Å². The van der Waals surface area contributed by atoms with Gasteiger partial charge in [-0.05, 0) is 25.3 Å². The van der Waals surface area contributed by atoms with Gasteiger partial charge in [0, 0.05) is 36.3 Å². The zero-order valence-corrected chi connectivity index (χ0v) is 15.4. The Morgan fingerprint density at radius 2 is 2.20 bits per heavy atom. The van der Waals surface area contributed by atoms with Crippen LogP contribution in [0.4, 0.5) is 0 Å². The first-order valence-corrected chi connectivity index (χ1v) is 8.94. The van der Waals surface area contributed by atoms with Gasteiger partial charge in [0.1, 0.15) is 5.75 Å². The van der Waals surface area contributed by atoms with Crippen LogP contribution in [0.25, 0.3) is 0 Å². The molecule has 5 heteroatoms. The number of benzene rings is 1. The number of carbonyl (C=O) groups excluding carboxylic acids is 1. The van der Waals surface area contributed by atoms with Crippen LogP contribution in [0.3, 0.4) is 0 Å². The van der Waals surface area contributed by atoms with E-state index in [4.69, 9.17) is 4.74 Å². The zero-order chi connectivity index (χ0) is 17.8. The lowest BCUT2D eigenvalue weighted by molar-refractivity contribution is 0.0711. The van der Waals surface area contributed by atoms with Gasteiger partial charge in [0.25, 0.3) is 5.91 Å². The van der Waals surface area contributed by atoms with Crippen molar-refractivity contribution in [1.29, 1.82) is 0 Å². The zero-order valence-electron chi connectivity index (χ0n) is 15.4. The van der Waals surface area contributed by atoms with E-state index in [1.807, 2.05) is 42.0 Å². The lowest BCUT2D eigenvalue weighted by atomic mass is 9.86. The highest BCUT2D eigenvalue weighted by atomic mass is 16.5. The number of amides is 1. The van der Waals surface area contributed by atoms with Crippen molar-refractivity contribution in [2.75, 3.05) is 13.7 Å². The first kappa shape index (κ1) is 16.2. The number of carbonyl (C=O) groups is 1. The Bertz CT molecular complexity index is 837. The maximum atomic E-state index is 13.2. The molecule has 0 fully saturated rings. The van der Waals surface area contributed by atoms with Crippen molar-refractivity contribution in [3.8, 4) is 5.75 Å². The number of fused-ring (bicyclic) bond motifs is 2. The molecule has 2 heterocycles. The van der Waals surface area contributed by atoms with Crippen molar-refractivity contribution in [3.05, 3.63) is 46.8 Å². The molecule has 1 amide bonds. The molecule has 1 unspecified atom stereocenters. The minimum absolute atomic E-state index is 0.0243. The maximum Gasteiger partial charge on any atom is 0.257 e. The van der Waals surface area contributed by atoms with E-state index in [0.717, 1.165) is 30.6 Å². The molecular weight excluding hydrogens is 314 g/mol. The van der Waals surface area contributed by atoms with Crippen LogP contribution in [-0.4, -0.2) is 34.2 Å². The number of aromatic nitrogens is 2. The third kappa shape index (κ3) is 2.44. The highest BCUT2D eigenvalue weighted by molar-refractivity contribution is 5.97. The highest BCUT2D eigenvalue weighted by Gasteiger charge is 2.36. The second kappa shape index (κ2) is 5.61. The maximum absolute atomic E-state index is 13.2. The molecule has 132 valence electrons. The summed E-state index contributed by atoms with van der Waals surface area (Å²) in [5.74, 6) is 0.780. The number of para-hydroxylation sites is 1. The molecule has 0 saturated heterocycles. The Morgan fingerprint density at radius 3 is 3.00 bits per heavy atom. The van der Waals surface area contributed by atoms with Gasteiger partial charge in [-0.2, -0.15) is 5.10 Å². The first-order valence-electron chi connectivity index (χ1n) is 8.94. The average molecular weight is 339 g/mol. The van der Waals surface area contributed by atoms with Crippen LogP contribution < -0.4 is 4.74 Å². The van der Waals surface area contributed by atoms with E-state index >= 15 is 0 Å². The molecule has 4 rings (SSSR count). The van der Waals surface area contributed by atoms with Gasteiger partial charge in [-0.25, -0.2) is 0 Å². The number of rotatable bonds is 2. The molecule has 5 nitrogen and oxygen atoms in total. The van der Waals surface area contributed by atoms with Gasteiger partial charge in [0.2, 0.25) is 0 Å². The lowest BCUT2D eigenvalue weighted by Crippen LogP contribution is -2.33. The summed E-state index contributed by atoms with van der Waals surface area (Å²) in [7, 11) is 3.87. The van der Waals surface area contributed by atoms with E-state index in [1.54, 1.807) is 0 Å². The summed E-state index contributed by atoms with van der Waals surface area (Å²) < 4.78 is 7.85. The largest absolute Gasteiger partial charge is 0.492 e. The number of aryl methyl sites for hydroxylation is 1. The van der Waals surface area contributed by atoms with Crippen LogP contribution in [0.1, 0.15) is 59.9 Å². The van der Waals surface area contributed by atoms with E-state index in [9.17, 15) is 4.79 Å². The molecule has 1 atom stereocenters. The first-order chi connectivity index (χ1) is 11.9.